The predicted octanol–water partition coefficient (Wildman–Crippen LogP) is 2.51. The number of Topliss-reactive ketones (excluding diaryl/α,β-unsaturated/α-hetero) is 1. The van der Waals surface area contributed by atoms with Crippen LogP contribution in [0, 0.1) is 5.41 Å². The number of hydrogen-bond donors (Lipinski definition) is 2. The van der Waals surface area contributed by atoms with Crippen molar-refractivity contribution in [3.05, 3.63) is 35.9 Å². The highest BCUT2D eigenvalue weighted by molar-refractivity contribution is 6.76. The number of halogens is 3. The number of aliphatic hydroxyl groups is 1. The average Bonchev–Trinajstić information content (AvgIpc) is 2.80. The van der Waals surface area contributed by atoms with Crippen molar-refractivity contribution < 1.29 is 48.0 Å². The lowest BCUT2D eigenvalue weighted by Crippen LogP contribution is -2.63. The van der Waals surface area contributed by atoms with Gasteiger partial charge in [-0.2, -0.15) is 0 Å². The Kier molecular flexibility index (Phi) is 10.9. The summed E-state index contributed by atoms with van der Waals surface area (Å²) in [6.07, 6.45) is -8.31. The summed E-state index contributed by atoms with van der Waals surface area (Å²) in [5.41, 5.74) is 0.0997. The van der Waals surface area contributed by atoms with Crippen molar-refractivity contribution in [3.63, 3.8) is 0 Å². The van der Waals surface area contributed by atoms with Gasteiger partial charge in [-0.25, -0.2) is 4.79 Å². The molecule has 1 saturated heterocycles. The summed E-state index contributed by atoms with van der Waals surface area (Å²) < 4.78 is 24.7. The van der Waals surface area contributed by atoms with Gasteiger partial charge in [0.1, 0.15) is 11.9 Å². The molecule has 1 aliphatic heterocycles. The van der Waals surface area contributed by atoms with E-state index in [9.17, 15) is 24.3 Å². The molecule has 0 unspecified atom stereocenters. The van der Waals surface area contributed by atoms with Gasteiger partial charge in [-0.15, -0.1) is 0 Å². The largest absolute Gasteiger partial charge is 0.456 e. The Hall–Kier alpha value is -2.44. The van der Waals surface area contributed by atoms with E-state index in [0.29, 0.717) is 0 Å². The standard InChI is InChI=1S/C22H24Cl3NO10/c1-11(28)8-9-15(30)34-17-16(32-12(2)29)14(10-27)33-20(36-21(26)22(23,24)25)18(17)35-19(31)13-6-4-3-5-7-13/h3-7,14,16-18,20,26-27H,8-10H2,1-2H3/t14-,16-,17+,18-,20-/m1/s1. The van der Waals surface area contributed by atoms with Gasteiger partial charge in [-0.3, -0.25) is 15.0 Å². The van der Waals surface area contributed by atoms with Crippen LogP contribution in [0.4, 0.5) is 0 Å². The molecule has 2 N–H and O–H groups in total. The van der Waals surface area contributed by atoms with E-state index < -0.39 is 64.9 Å². The van der Waals surface area contributed by atoms with Crippen LogP contribution in [0.3, 0.4) is 0 Å². The van der Waals surface area contributed by atoms with E-state index in [1.165, 1.54) is 19.1 Å². The number of carbonyl (C=O) groups is 4. The van der Waals surface area contributed by atoms with Crippen molar-refractivity contribution in [2.24, 2.45) is 0 Å². The summed E-state index contributed by atoms with van der Waals surface area (Å²) in [6, 6.07) is 7.70. The number of alkyl halides is 3. The van der Waals surface area contributed by atoms with E-state index in [0.717, 1.165) is 6.92 Å². The number of rotatable bonds is 9. The summed E-state index contributed by atoms with van der Waals surface area (Å²) in [5.74, 6) is -3.85. The monoisotopic (exact) mass is 567 g/mol. The normalized spacial score (nSPS) is 23.8. The number of ether oxygens (including phenoxy) is 5. The second-order valence-electron chi connectivity index (χ2n) is 7.64. The van der Waals surface area contributed by atoms with E-state index >= 15 is 0 Å². The van der Waals surface area contributed by atoms with Crippen LogP contribution in [0.15, 0.2) is 30.3 Å². The summed E-state index contributed by atoms with van der Waals surface area (Å²) in [5, 5.41) is 17.8. The van der Waals surface area contributed by atoms with Crippen LogP contribution < -0.4 is 0 Å². The highest BCUT2D eigenvalue weighted by Gasteiger charge is 2.54. The topological polar surface area (TPSA) is 159 Å². The van der Waals surface area contributed by atoms with E-state index in [1.54, 1.807) is 18.2 Å². The van der Waals surface area contributed by atoms with Crippen LogP contribution in [0.2, 0.25) is 0 Å². The Morgan fingerprint density at radius 1 is 0.944 bits per heavy atom. The first-order valence-corrected chi connectivity index (χ1v) is 11.7. The zero-order valence-corrected chi connectivity index (χ0v) is 21.4. The fourth-order valence-electron chi connectivity index (χ4n) is 3.15. The first-order valence-electron chi connectivity index (χ1n) is 10.5. The molecule has 1 aromatic rings. The number of hydrogen-bond acceptors (Lipinski definition) is 11. The molecule has 11 nitrogen and oxygen atoms in total. The Balaban J connectivity index is 2.48. The van der Waals surface area contributed by atoms with Crippen molar-refractivity contribution in [1.29, 1.82) is 5.41 Å². The molecule has 1 heterocycles. The number of ketones is 1. The van der Waals surface area contributed by atoms with Crippen LogP contribution >= 0.6 is 34.8 Å². The highest BCUT2D eigenvalue weighted by atomic mass is 35.6. The fourth-order valence-corrected chi connectivity index (χ4v) is 3.28. The first-order chi connectivity index (χ1) is 16.8. The van der Waals surface area contributed by atoms with Gasteiger partial charge in [-0.05, 0) is 19.1 Å². The average molecular weight is 569 g/mol. The lowest BCUT2D eigenvalue weighted by Gasteiger charge is -2.44. The molecule has 0 aromatic heterocycles. The minimum atomic E-state index is -2.34. The van der Waals surface area contributed by atoms with E-state index in [1.807, 2.05) is 0 Å². The van der Waals surface area contributed by atoms with Gasteiger partial charge in [-0.1, -0.05) is 53.0 Å². The van der Waals surface area contributed by atoms with Crippen LogP contribution in [0.1, 0.15) is 37.0 Å². The third-order valence-electron chi connectivity index (χ3n) is 4.77. The maximum atomic E-state index is 12.9. The SMILES string of the molecule is CC(=O)CCC(=O)O[C@@H]1[C@@H](OC(=O)c2ccccc2)[C@@H](OC(=N)C(Cl)(Cl)Cl)O[C@H](CO)[C@H]1OC(C)=O. The Morgan fingerprint density at radius 2 is 1.58 bits per heavy atom. The quantitative estimate of drug-likeness (QED) is 0.149. The molecule has 0 amide bonds. The van der Waals surface area contributed by atoms with Gasteiger partial charge in [0.15, 0.2) is 12.2 Å². The van der Waals surface area contributed by atoms with Crippen molar-refractivity contribution in [2.75, 3.05) is 6.61 Å². The second kappa shape index (κ2) is 13.2. The highest BCUT2D eigenvalue weighted by Crippen LogP contribution is 2.34. The summed E-state index contributed by atoms with van der Waals surface area (Å²) >= 11 is 17.1. The summed E-state index contributed by atoms with van der Waals surface area (Å²) in [4.78, 5) is 48.5. The van der Waals surface area contributed by atoms with Crippen molar-refractivity contribution >= 4 is 64.4 Å². The van der Waals surface area contributed by atoms with Gasteiger partial charge in [0.2, 0.25) is 18.3 Å². The third kappa shape index (κ3) is 8.59. The zero-order valence-electron chi connectivity index (χ0n) is 19.2. The molecule has 1 aliphatic rings. The maximum absolute atomic E-state index is 12.9. The van der Waals surface area contributed by atoms with Crippen molar-refractivity contribution in [3.8, 4) is 0 Å². The minimum Gasteiger partial charge on any atom is -0.456 e. The maximum Gasteiger partial charge on any atom is 0.338 e. The molecule has 1 fully saturated rings. The Morgan fingerprint density at radius 3 is 2.11 bits per heavy atom. The van der Waals surface area contributed by atoms with Crippen molar-refractivity contribution in [2.45, 2.75) is 61.2 Å². The Labute approximate surface area is 221 Å². The van der Waals surface area contributed by atoms with E-state index in [2.05, 4.69) is 0 Å². The zero-order chi connectivity index (χ0) is 27.0. The molecule has 0 bridgehead atoms. The molecule has 1 aromatic carbocycles. The first kappa shape index (κ1) is 29.8. The summed E-state index contributed by atoms with van der Waals surface area (Å²) in [6.45, 7) is 1.58. The van der Waals surface area contributed by atoms with Gasteiger partial charge >= 0.3 is 17.9 Å². The van der Waals surface area contributed by atoms with Crippen molar-refractivity contribution in [1.82, 2.24) is 0 Å². The van der Waals surface area contributed by atoms with E-state index in [4.69, 9.17) is 63.9 Å². The van der Waals surface area contributed by atoms with Gasteiger partial charge < -0.3 is 33.6 Å². The number of benzene rings is 1. The van der Waals surface area contributed by atoms with Crippen LogP contribution in [-0.4, -0.2) is 75.8 Å². The lowest BCUT2D eigenvalue weighted by molar-refractivity contribution is -0.287. The molecule has 14 heteroatoms. The molecular formula is C22H24Cl3NO10. The number of esters is 3. The van der Waals surface area contributed by atoms with Crippen LogP contribution in [-0.2, 0) is 38.1 Å². The molecule has 0 radical (unpaired) electrons. The van der Waals surface area contributed by atoms with Crippen LogP contribution in [0.5, 0.6) is 0 Å². The fraction of sp³-hybridized carbons (Fsp3) is 0.500. The summed E-state index contributed by atoms with van der Waals surface area (Å²) in [7, 11) is 0. The third-order valence-corrected chi connectivity index (χ3v) is 5.28. The molecular weight excluding hydrogens is 545 g/mol. The van der Waals surface area contributed by atoms with Crippen LogP contribution in [0.25, 0.3) is 0 Å². The molecule has 0 aliphatic carbocycles. The minimum absolute atomic E-state index is 0.0997. The molecule has 0 saturated carbocycles. The predicted molar refractivity (Wildman–Crippen MR) is 126 cm³/mol. The Bertz CT molecular complexity index is 969. The van der Waals surface area contributed by atoms with Gasteiger partial charge in [0.25, 0.3) is 3.79 Å². The molecule has 198 valence electrons. The lowest BCUT2D eigenvalue weighted by atomic mass is 9.98. The smallest absolute Gasteiger partial charge is 0.338 e. The molecule has 2 rings (SSSR count). The molecule has 36 heavy (non-hydrogen) atoms. The number of nitrogens with one attached hydrogen (secondary N) is 1. The number of carbonyl (C=O) groups excluding carboxylic acids is 4. The molecule has 5 atom stereocenters. The molecule has 0 spiro atoms. The van der Waals surface area contributed by atoms with Gasteiger partial charge in [0, 0.05) is 13.3 Å². The number of aliphatic hydroxyl groups excluding tert-OH is 1. The second-order valence-corrected chi connectivity index (χ2v) is 9.92. The van der Waals surface area contributed by atoms with E-state index in [-0.39, 0.29) is 24.2 Å². The van der Waals surface area contributed by atoms with Gasteiger partial charge in [0.05, 0.1) is 18.6 Å².